The molecule has 0 radical (unpaired) electrons. The molecule has 42 heavy (non-hydrogen) atoms. The fourth-order valence-electron chi connectivity index (χ4n) is 4.20. The quantitative estimate of drug-likeness (QED) is 0.171. The van der Waals surface area contributed by atoms with Crippen LogP contribution < -0.4 is 16.4 Å². The summed E-state index contributed by atoms with van der Waals surface area (Å²) in [6.07, 6.45) is 6.98. The van der Waals surface area contributed by atoms with Crippen LogP contribution in [0.25, 0.3) is 17.0 Å². The van der Waals surface area contributed by atoms with E-state index in [1.54, 1.807) is 42.7 Å². The maximum Gasteiger partial charge on any atom is 0.406 e. The SMILES string of the molecule is C=O.CN.N=C/C(=C\C=C\c1cccnc1)NCC#Cc1cc2c(NC3CCS(=O)CC3)cccc2n1CC(F)(F)F. The minimum Gasteiger partial charge on any atom is -0.382 e. The molecule has 0 bridgehead atoms. The third kappa shape index (κ3) is 10.6. The number of rotatable bonds is 8. The molecule has 0 aliphatic carbocycles. The van der Waals surface area contributed by atoms with Gasteiger partial charge in [-0.25, -0.2) is 0 Å². The van der Waals surface area contributed by atoms with Gasteiger partial charge in [0.1, 0.15) is 13.3 Å². The minimum atomic E-state index is -4.41. The number of allylic oxidation sites excluding steroid dienone is 3. The van der Waals surface area contributed by atoms with Gasteiger partial charge in [0.25, 0.3) is 0 Å². The number of aromatic nitrogens is 2. The van der Waals surface area contributed by atoms with Crippen molar-refractivity contribution >= 4 is 46.5 Å². The molecule has 12 heteroatoms. The summed E-state index contributed by atoms with van der Waals surface area (Å²) in [5, 5.41) is 14.7. The van der Waals surface area contributed by atoms with Crippen LogP contribution in [0.3, 0.4) is 0 Å². The number of alkyl halides is 3. The van der Waals surface area contributed by atoms with Gasteiger partial charge in [0.05, 0.1) is 23.5 Å². The first-order chi connectivity index (χ1) is 20.3. The predicted molar refractivity (Wildman–Crippen MR) is 165 cm³/mol. The van der Waals surface area contributed by atoms with Crippen molar-refractivity contribution in [3.8, 4) is 11.8 Å². The summed E-state index contributed by atoms with van der Waals surface area (Å²) < 4.78 is 53.2. The number of pyridine rings is 1. The number of halogens is 3. The van der Waals surface area contributed by atoms with E-state index in [1.165, 1.54) is 11.6 Å². The van der Waals surface area contributed by atoms with Crippen LogP contribution in [0.5, 0.6) is 0 Å². The van der Waals surface area contributed by atoms with Gasteiger partial charge >= 0.3 is 6.18 Å². The summed E-state index contributed by atoms with van der Waals surface area (Å²) in [7, 11) is 0.705. The monoisotopic (exact) mass is 600 g/mol. The second-order valence-electron chi connectivity index (χ2n) is 8.80. The van der Waals surface area contributed by atoms with E-state index in [-0.39, 0.29) is 18.3 Å². The number of carbonyl (C=O) groups is 1. The van der Waals surface area contributed by atoms with Gasteiger partial charge in [0, 0.05) is 58.0 Å². The van der Waals surface area contributed by atoms with Crippen LogP contribution in [-0.4, -0.2) is 64.1 Å². The van der Waals surface area contributed by atoms with Gasteiger partial charge in [-0.1, -0.05) is 30.2 Å². The highest BCUT2D eigenvalue weighted by molar-refractivity contribution is 7.85. The summed E-state index contributed by atoms with van der Waals surface area (Å²) in [6.45, 7) is 1.00. The Hall–Kier alpha value is -4.21. The standard InChI is InChI=1S/C28H28F3N5OS.CH5N.CH2O/c29-28(30,31)20-36-24(8-4-14-34-23(18-32)7-1-5-21-6-3-13-33-19-21)17-25-26(9-2-10-27(25)36)35-22-11-15-38(37)16-12-22;2*1-2/h1-3,5-7,9-10,13,17-19,22,32,34-35H,11-12,14-16,20H2;2H2,1H3;1H2/b5-1+,23-7+,32-18?;;. The number of benzene rings is 1. The van der Waals surface area contributed by atoms with Crippen LogP contribution in [0.4, 0.5) is 18.9 Å². The molecule has 1 aliphatic heterocycles. The van der Waals surface area contributed by atoms with Crippen molar-refractivity contribution in [3.05, 3.63) is 77.9 Å². The number of nitrogens with one attached hydrogen (secondary N) is 3. The summed E-state index contributed by atoms with van der Waals surface area (Å²) in [6, 6.07) is 10.8. The van der Waals surface area contributed by atoms with E-state index in [4.69, 9.17) is 10.2 Å². The highest BCUT2D eigenvalue weighted by atomic mass is 32.2. The lowest BCUT2D eigenvalue weighted by Crippen LogP contribution is -2.29. The second kappa shape index (κ2) is 17.6. The number of nitrogens with two attached hydrogens (primary N) is 1. The van der Waals surface area contributed by atoms with Crippen LogP contribution in [-0.2, 0) is 22.1 Å². The molecule has 0 atom stereocenters. The number of hydrogen-bond donors (Lipinski definition) is 4. The van der Waals surface area contributed by atoms with E-state index >= 15 is 0 Å². The van der Waals surface area contributed by atoms with E-state index in [2.05, 4.69) is 33.2 Å². The molecule has 224 valence electrons. The summed E-state index contributed by atoms with van der Waals surface area (Å²) in [4.78, 5) is 12.0. The zero-order chi connectivity index (χ0) is 31.0. The van der Waals surface area contributed by atoms with Crippen LogP contribution in [0, 0.1) is 17.3 Å². The Morgan fingerprint density at radius 1 is 1.24 bits per heavy atom. The second-order valence-corrected chi connectivity index (χ2v) is 10.5. The van der Waals surface area contributed by atoms with Gasteiger partial charge < -0.3 is 31.1 Å². The van der Waals surface area contributed by atoms with Gasteiger partial charge in [-0.15, -0.1) is 0 Å². The lowest BCUT2D eigenvalue weighted by atomic mass is 10.1. The Kier molecular flexibility index (Phi) is 14.2. The summed E-state index contributed by atoms with van der Waals surface area (Å²) in [5.74, 6) is 7.01. The van der Waals surface area contributed by atoms with Crippen molar-refractivity contribution in [2.45, 2.75) is 31.6 Å². The average molecular weight is 601 g/mol. The molecule has 0 amide bonds. The summed E-state index contributed by atoms with van der Waals surface area (Å²) in [5.41, 5.74) is 7.38. The maximum absolute atomic E-state index is 13.4. The Morgan fingerprint density at radius 3 is 2.62 bits per heavy atom. The molecule has 2 aromatic heterocycles. The van der Waals surface area contributed by atoms with Crippen LogP contribution in [0.2, 0.25) is 0 Å². The number of hydrogen-bond acceptors (Lipinski definition) is 7. The molecule has 3 aromatic rings. The molecule has 0 spiro atoms. The Bertz CT molecular complexity index is 1430. The van der Waals surface area contributed by atoms with Crippen molar-refractivity contribution in [1.82, 2.24) is 14.9 Å². The molecule has 0 unspecified atom stereocenters. The van der Waals surface area contributed by atoms with E-state index in [9.17, 15) is 17.4 Å². The van der Waals surface area contributed by atoms with Gasteiger partial charge in [0.2, 0.25) is 0 Å². The molecule has 5 N–H and O–H groups in total. The fraction of sp³-hybridized carbons (Fsp3) is 0.300. The summed E-state index contributed by atoms with van der Waals surface area (Å²) >= 11 is 0. The minimum absolute atomic E-state index is 0.126. The molecular formula is C30H35F3N6O2S. The number of anilines is 1. The Morgan fingerprint density at radius 2 is 1.98 bits per heavy atom. The van der Waals surface area contributed by atoms with Crippen molar-refractivity contribution in [1.29, 1.82) is 5.41 Å². The topological polar surface area (TPSA) is 126 Å². The molecule has 1 saturated heterocycles. The molecule has 3 heterocycles. The zero-order valence-corrected chi connectivity index (χ0v) is 24.1. The first-order valence-electron chi connectivity index (χ1n) is 13.0. The molecule has 1 aromatic carbocycles. The van der Waals surface area contributed by atoms with Crippen molar-refractivity contribution in [2.24, 2.45) is 5.73 Å². The first-order valence-corrected chi connectivity index (χ1v) is 14.5. The first kappa shape index (κ1) is 34.0. The maximum atomic E-state index is 13.4. The van der Waals surface area contributed by atoms with Crippen molar-refractivity contribution in [3.63, 3.8) is 0 Å². The van der Waals surface area contributed by atoms with Gasteiger partial charge in [-0.3, -0.25) is 9.19 Å². The third-order valence-corrected chi connectivity index (χ3v) is 7.41. The largest absolute Gasteiger partial charge is 0.406 e. The fourth-order valence-corrected chi connectivity index (χ4v) is 5.50. The van der Waals surface area contributed by atoms with Crippen molar-refractivity contribution < 1.29 is 22.2 Å². The predicted octanol–water partition coefficient (Wildman–Crippen LogP) is 4.50. The van der Waals surface area contributed by atoms with E-state index < -0.39 is 23.5 Å². The normalized spacial score (nSPS) is 16.7. The highest BCUT2D eigenvalue weighted by Crippen LogP contribution is 2.31. The molecule has 0 saturated carbocycles. The van der Waals surface area contributed by atoms with Gasteiger partial charge in [0.15, 0.2) is 0 Å². The average Bonchev–Trinajstić information content (AvgIpc) is 3.34. The molecule has 8 nitrogen and oxygen atoms in total. The smallest absolute Gasteiger partial charge is 0.382 e. The molecule has 1 aliphatic rings. The lowest BCUT2D eigenvalue weighted by molar-refractivity contribution is -0.140. The van der Waals surface area contributed by atoms with Gasteiger partial charge in [-0.05, 0) is 61.7 Å². The van der Waals surface area contributed by atoms with E-state index in [1.807, 2.05) is 31.1 Å². The Balaban J connectivity index is 0.00000148. The molecular weight excluding hydrogens is 565 g/mol. The van der Waals surface area contributed by atoms with E-state index in [0.29, 0.717) is 28.1 Å². The zero-order valence-electron chi connectivity index (χ0n) is 23.3. The number of carbonyl (C=O) groups excluding carboxylic acids is 1. The molecule has 1 fully saturated rings. The van der Waals surface area contributed by atoms with Gasteiger partial charge in [-0.2, -0.15) is 13.2 Å². The Labute approximate surface area is 246 Å². The van der Waals surface area contributed by atoms with Crippen molar-refractivity contribution in [2.75, 3.05) is 30.4 Å². The van der Waals surface area contributed by atoms with Crippen LogP contribution in [0.1, 0.15) is 24.1 Å². The van der Waals surface area contributed by atoms with Crippen LogP contribution in [0.15, 0.2) is 66.6 Å². The lowest BCUT2D eigenvalue weighted by Gasteiger charge is -2.24. The highest BCUT2D eigenvalue weighted by Gasteiger charge is 2.30. The number of nitrogens with zero attached hydrogens (tertiary/aromatic N) is 2. The van der Waals surface area contributed by atoms with Crippen LogP contribution >= 0.6 is 0 Å². The van der Waals surface area contributed by atoms with E-state index in [0.717, 1.165) is 30.3 Å². The molecule has 4 rings (SSSR count). The third-order valence-electron chi connectivity index (χ3n) is 6.03. The number of fused-ring (bicyclic) bond motifs is 1.